The van der Waals surface area contributed by atoms with E-state index in [0.29, 0.717) is 6.04 Å². The summed E-state index contributed by atoms with van der Waals surface area (Å²) in [4.78, 5) is 13.2. The summed E-state index contributed by atoms with van der Waals surface area (Å²) in [6, 6.07) is 12.7. The molecule has 1 unspecified atom stereocenters. The van der Waals surface area contributed by atoms with E-state index in [4.69, 9.17) is 4.74 Å². The zero-order valence-electron chi connectivity index (χ0n) is 16.9. The molecular formula is C24H27N2O2S+. The number of ether oxygens (including phenoxy) is 1. The molecule has 1 N–H and O–H groups in total. The summed E-state index contributed by atoms with van der Waals surface area (Å²) < 4.78 is 9.95. The molecule has 1 atom stereocenters. The standard InChI is InChI=1S/C24H27N2O2S/c1-28-17-8-10-23-19(14-17)24(27)18-13-16(7-9-22(18)29-23)15-26-12-4-5-20-21(26)6-2-3-11-25-20/h7-10,13-14,20,25H,2-6,11-12,15H2,1H3/q+1. The van der Waals surface area contributed by atoms with Crippen molar-refractivity contribution in [3.63, 3.8) is 0 Å². The molecule has 2 aromatic carbocycles. The fourth-order valence-corrected chi connectivity index (χ4v) is 5.82. The highest BCUT2D eigenvalue weighted by atomic mass is 32.1. The average molecular weight is 408 g/mol. The van der Waals surface area contributed by atoms with Crippen LogP contribution in [0.3, 0.4) is 0 Å². The van der Waals surface area contributed by atoms with Crippen LogP contribution in [0.25, 0.3) is 20.2 Å². The Balaban J connectivity index is 1.56. The first-order chi connectivity index (χ1) is 14.2. The highest BCUT2D eigenvalue weighted by Crippen LogP contribution is 2.28. The van der Waals surface area contributed by atoms with E-state index in [1.165, 1.54) is 37.7 Å². The molecule has 1 saturated heterocycles. The van der Waals surface area contributed by atoms with Gasteiger partial charge in [0.05, 0.1) is 13.2 Å². The number of rotatable bonds is 3. The van der Waals surface area contributed by atoms with Crippen molar-refractivity contribution in [3.8, 4) is 5.75 Å². The molecule has 2 aliphatic heterocycles. The molecule has 0 bridgehead atoms. The van der Waals surface area contributed by atoms with Crippen LogP contribution >= 0.6 is 11.3 Å². The summed E-state index contributed by atoms with van der Waals surface area (Å²) in [5.41, 5.74) is 2.90. The quantitative estimate of drug-likeness (QED) is 0.520. The molecule has 150 valence electrons. The lowest BCUT2D eigenvalue weighted by molar-refractivity contribution is -0.551. The third kappa shape index (κ3) is 3.58. The number of nitrogens with one attached hydrogen (secondary N) is 1. The van der Waals surface area contributed by atoms with Gasteiger partial charge in [-0.2, -0.15) is 0 Å². The van der Waals surface area contributed by atoms with Gasteiger partial charge in [0, 0.05) is 38.6 Å². The van der Waals surface area contributed by atoms with Crippen LogP contribution in [-0.2, 0) is 6.54 Å². The fraction of sp³-hybridized carbons (Fsp3) is 0.417. The van der Waals surface area contributed by atoms with Gasteiger partial charge in [0.25, 0.3) is 0 Å². The first-order valence-corrected chi connectivity index (χ1v) is 11.4. The van der Waals surface area contributed by atoms with Crippen LogP contribution in [0.4, 0.5) is 0 Å². The van der Waals surface area contributed by atoms with Gasteiger partial charge in [0.2, 0.25) is 0 Å². The summed E-state index contributed by atoms with van der Waals surface area (Å²) in [6.45, 7) is 3.15. The van der Waals surface area contributed by atoms with Gasteiger partial charge < -0.3 is 10.1 Å². The highest BCUT2D eigenvalue weighted by molar-refractivity contribution is 7.24. The fourth-order valence-electron chi connectivity index (χ4n) is 4.79. The van der Waals surface area contributed by atoms with Crippen LogP contribution in [0.2, 0.25) is 0 Å². The molecule has 0 saturated carbocycles. The van der Waals surface area contributed by atoms with Crippen molar-refractivity contribution in [1.82, 2.24) is 5.32 Å². The summed E-state index contributed by atoms with van der Waals surface area (Å²) in [5, 5.41) is 5.30. The molecule has 1 aromatic heterocycles. The molecule has 4 nitrogen and oxygen atoms in total. The normalized spacial score (nSPS) is 20.0. The van der Waals surface area contributed by atoms with Crippen LogP contribution < -0.4 is 15.5 Å². The van der Waals surface area contributed by atoms with Crippen LogP contribution in [0.1, 0.15) is 37.7 Å². The van der Waals surface area contributed by atoms with Crippen LogP contribution in [0, 0.1) is 0 Å². The Bertz CT molecular complexity index is 1160. The third-order valence-electron chi connectivity index (χ3n) is 6.29. The number of fused-ring (bicyclic) bond motifs is 3. The molecule has 1 fully saturated rings. The molecule has 5 rings (SSSR count). The van der Waals surface area contributed by atoms with E-state index in [2.05, 4.69) is 28.1 Å². The van der Waals surface area contributed by atoms with Gasteiger partial charge in [0.15, 0.2) is 17.7 Å². The Kier molecular flexibility index (Phi) is 5.10. The maximum Gasteiger partial charge on any atom is 0.196 e. The second kappa shape index (κ2) is 7.88. The van der Waals surface area contributed by atoms with E-state index < -0.39 is 0 Å². The van der Waals surface area contributed by atoms with Crippen molar-refractivity contribution in [1.29, 1.82) is 0 Å². The van der Waals surface area contributed by atoms with Crippen LogP contribution in [0.5, 0.6) is 5.75 Å². The smallest absolute Gasteiger partial charge is 0.196 e. The summed E-state index contributed by atoms with van der Waals surface area (Å²) >= 11 is 1.68. The molecule has 0 spiro atoms. The van der Waals surface area contributed by atoms with Crippen molar-refractivity contribution in [2.45, 2.75) is 44.7 Å². The summed E-state index contributed by atoms with van der Waals surface area (Å²) in [6.07, 6.45) is 6.22. The van der Waals surface area contributed by atoms with Gasteiger partial charge in [-0.3, -0.25) is 4.79 Å². The van der Waals surface area contributed by atoms with Gasteiger partial charge in [-0.25, -0.2) is 4.58 Å². The Morgan fingerprint density at radius 1 is 1.10 bits per heavy atom. The van der Waals surface area contributed by atoms with E-state index in [9.17, 15) is 4.79 Å². The first kappa shape index (κ1) is 18.8. The summed E-state index contributed by atoms with van der Waals surface area (Å²) in [7, 11) is 1.64. The monoisotopic (exact) mass is 407 g/mol. The van der Waals surface area contributed by atoms with Crippen LogP contribution in [-0.4, -0.2) is 36.5 Å². The lowest BCUT2D eigenvalue weighted by Crippen LogP contribution is -2.44. The Hall–Kier alpha value is -2.24. The van der Waals surface area contributed by atoms with E-state index in [1.54, 1.807) is 24.2 Å². The van der Waals surface area contributed by atoms with Gasteiger partial charge in [0.1, 0.15) is 12.3 Å². The van der Waals surface area contributed by atoms with Gasteiger partial charge in [-0.05, 0) is 56.1 Å². The maximum absolute atomic E-state index is 13.2. The van der Waals surface area contributed by atoms with Crippen molar-refractivity contribution in [3.05, 3.63) is 52.2 Å². The third-order valence-corrected chi connectivity index (χ3v) is 7.44. The van der Waals surface area contributed by atoms with E-state index in [-0.39, 0.29) is 5.43 Å². The second-order valence-corrected chi connectivity index (χ2v) is 9.23. The van der Waals surface area contributed by atoms with Crippen molar-refractivity contribution < 1.29 is 9.31 Å². The molecule has 29 heavy (non-hydrogen) atoms. The topological polar surface area (TPSA) is 41.3 Å². The summed E-state index contributed by atoms with van der Waals surface area (Å²) in [5.74, 6) is 0.730. The molecule has 0 aliphatic carbocycles. The van der Waals surface area contributed by atoms with Crippen molar-refractivity contribution in [2.24, 2.45) is 0 Å². The zero-order chi connectivity index (χ0) is 19.8. The second-order valence-electron chi connectivity index (χ2n) is 8.14. The minimum absolute atomic E-state index is 0.106. The number of benzene rings is 2. The largest absolute Gasteiger partial charge is 0.497 e. The minimum atomic E-state index is 0.106. The van der Waals surface area contributed by atoms with Gasteiger partial charge in [-0.1, -0.05) is 6.07 Å². The average Bonchev–Trinajstić information content (AvgIpc) is 3.00. The predicted molar refractivity (Wildman–Crippen MR) is 121 cm³/mol. The lowest BCUT2D eigenvalue weighted by atomic mass is 9.98. The van der Waals surface area contributed by atoms with Gasteiger partial charge in [-0.15, -0.1) is 11.3 Å². The molecule has 2 aliphatic rings. The SMILES string of the molecule is COc1ccc2sc3ccc(C[N+]4=C5CCCCNC5CCC4)cc3c(=O)c2c1. The molecule has 5 heteroatoms. The number of methoxy groups -OCH3 is 1. The number of hydrogen-bond donors (Lipinski definition) is 1. The first-order valence-electron chi connectivity index (χ1n) is 10.6. The zero-order valence-corrected chi connectivity index (χ0v) is 17.7. The van der Waals surface area contributed by atoms with E-state index in [1.807, 2.05) is 18.2 Å². The molecule has 3 heterocycles. The molecule has 0 amide bonds. The minimum Gasteiger partial charge on any atom is -0.497 e. The maximum atomic E-state index is 13.2. The van der Waals surface area contributed by atoms with E-state index in [0.717, 1.165) is 45.6 Å². The van der Waals surface area contributed by atoms with Crippen molar-refractivity contribution in [2.75, 3.05) is 20.2 Å². The Morgan fingerprint density at radius 3 is 2.79 bits per heavy atom. The molecule has 3 aromatic rings. The number of nitrogens with zero attached hydrogens (tertiary/aromatic N) is 1. The van der Waals surface area contributed by atoms with Crippen molar-refractivity contribution >= 4 is 37.2 Å². The predicted octanol–water partition coefficient (Wildman–Crippen LogP) is 4.31. The Morgan fingerprint density at radius 2 is 1.93 bits per heavy atom. The van der Waals surface area contributed by atoms with Gasteiger partial charge >= 0.3 is 0 Å². The number of hydrogen-bond acceptors (Lipinski definition) is 4. The highest BCUT2D eigenvalue weighted by Gasteiger charge is 2.30. The van der Waals surface area contributed by atoms with E-state index >= 15 is 0 Å². The van der Waals surface area contributed by atoms with Crippen LogP contribution in [0.15, 0.2) is 41.2 Å². The Labute approximate surface area is 174 Å². The lowest BCUT2D eigenvalue weighted by Gasteiger charge is -2.22. The molecule has 0 radical (unpaired) electrons. The molecular weight excluding hydrogens is 380 g/mol.